The lowest BCUT2D eigenvalue weighted by molar-refractivity contribution is 0.601. The molecule has 0 saturated heterocycles. The van der Waals surface area contributed by atoms with E-state index in [2.05, 4.69) is 15.0 Å². The summed E-state index contributed by atoms with van der Waals surface area (Å²) in [5, 5.41) is 5.70. The Bertz CT molecular complexity index is 729. The van der Waals surface area contributed by atoms with Crippen LogP contribution in [0.5, 0.6) is 0 Å². The van der Waals surface area contributed by atoms with E-state index in [1.807, 2.05) is 6.92 Å². The van der Waals surface area contributed by atoms with Crippen LogP contribution in [-0.2, 0) is 16.6 Å². The summed E-state index contributed by atoms with van der Waals surface area (Å²) in [5.74, 6) is 0. The molecule has 114 valence electrons. The lowest BCUT2D eigenvalue weighted by Gasteiger charge is -2.09. The lowest BCUT2D eigenvalue weighted by Crippen LogP contribution is -2.14. The highest BCUT2D eigenvalue weighted by Gasteiger charge is 2.17. The molecule has 2 aromatic rings. The Labute approximate surface area is 133 Å². The molecule has 0 atom stereocenters. The number of nitrogens with zero attached hydrogens (tertiary/aromatic N) is 1. The maximum atomic E-state index is 12.3. The van der Waals surface area contributed by atoms with Crippen LogP contribution < -0.4 is 10.0 Å². The van der Waals surface area contributed by atoms with E-state index in [1.165, 1.54) is 17.4 Å². The number of hydrogen-bond acceptors (Lipinski definition) is 5. The molecular weight excluding hydrogens is 330 g/mol. The molecule has 0 amide bonds. The molecule has 0 fully saturated rings. The van der Waals surface area contributed by atoms with Crippen LogP contribution in [-0.4, -0.2) is 19.9 Å². The zero-order valence-electron chi connectivity index (χ0n) is 11.7. The molecule has 0 saturated carbocycles. The molecule has 1 heterocycles. The van der Waals surface area contributed by atoms with Gasteiger partial charge >= 0.3 is 0 Å². The van der Waals surface area contributed by atoms with Crippen molar-refractivity contribution in [1.82, 2.24) is 10.3 Å². The van der Waals surface area contributed by atoms with Gasteiger partial charge in [-0.25, -0.2) is 13.4 Å². The maximum Gasteiger partial charge on any atom is 0.263 e. The van der Waals surface area contributed by atoms with E-state index in [4.69, 9.17) is 11.6 Å². The van der Waals surface area contributed by atoms with Crippen LogP contribution in [0.25, 0.3) is 0 Å². The van der Waals surface area contributed by atoms with Crippen molar-refractivity contribution in [3.8, 4) is 0 Å². The van der Waals surface area contributed by atoms with Crippen molar-refractivity contribution in [2.75, 3.05) is 11.3 Å². The fourth-order valence-corrected chi connectivity index (χ4v) is 3.95. The number of rotatable bonds is 6. The number of anilines is 1. The highest BCUT2D eigenvalue weighted by molar-refractivity contribution is 7.93. The number of halogens is 1. The zero-order chi connectivity index (χ0) is 15.5. The Kier molecular flexibility index (Phi) is 5.21. The molecule has 0 unspecified atom stereocenters. The van der Waals surface area contributed by atoms with Gasteiger partial charge in [0.15, 0.2) is 5.13 Å². The molecule has 0 spiro atoms. The quantitative estimate of drug-likeness (QED) is 0.844. The van der Waals surface area contributed by atoms with Crippen LogP contribution >= 0.6 is 22.9 Å². The highest BCUT2D eigenvalue weighted by atomic mass is 35.5. The number of sulfonamides is 1. The summed E-state index contributed by atoms with van der Waals surface area (Å²) < 4.78 is 27.0. The van der Waals surface area contributed by atoms with Crippen LogP contribution in [0, 0.1) is 6.92 Å². The van der Waals surface area contributed by atoms with Crippen LogP contribution in [0.15, 0.2) is 28.5 Å². The van der Waals surface area contributed by atoms with E-state index >= 15 is 0 Å². The average Bonchev–Trinajstić information content (AvgIpc) is 2.82. The number of nitrogens with one attached hydrogen (secondary N) is 2. The molecular formula is C13H16ClN3O2S2. The van der Waals surface area contributed by atoms with E-state index in [9.17, 15) is 8.42 Å². The third-order valence-corrected chi connectivity index (χ3v) is 5.43. The number of benzene rings is 1. The van der Waals surface area contributed by atoms with Crippen molar-refractivity contribution >= 4 is 38.1 Å². The first-order valence-corrected chi connectivity index (χ1v) is 9.10. The largest absolute Gasteiger partial charge is 0.313 e. The summed E-state index contributed by atoms with van der Waals surface area (Å²) in [6.07, 6.45) is 0. The first-order valence-electron chi connectivity index (χ1n) is 6.36. The molecule has 0 aliphatic rings. The molecule has 2 N–H and O–H groups in total. The number of thiazole rings is 1. The van der Waals surface area contributed by atoms with Gasteiger partial charge in [0.25, 0.3) is 10.0 Å². The standard InChI is InChI=1S/C13H16ClN3O2S2/c1-3-15-7-10-4-5-11(6-12(10)14)21(18,19)17-13-16-9(2)8-20-13/h4-6,8,15H,3,7H2,1-2H3,(H,16,17). The minimum atomic E-state index is -3.67. The molecule has 21 heavy (non-hydrogen) atoms. The topological polar surface area (TPSA) is 71.1 Å². The number of aromatic nitrogens is 1. The van der Waals surface area contributed by atoms with Crippen molar-refractivity contribution in [1.29, 1.82) is 0 Å². The minimum Gasteiger partial charge on any atom is -0.313 e. The minimum absolute atomic E-state index is 0.126. The number of hydrogen-bond donors (Lipinski definition) is 2. The Morgan fingerprint density at radius 2 is 2.14 bits per heavy atom. The van der Waals surface area contributed by atoms with Gasteiger partial charge in [-0.15, -0.1) is 11.3 Å². The van der Waals surface area contributed by atoms with Gasteiger partial charge in [0.2, 0.25) is 0 Å². The second-order valence-electron chi connectivity index (χ2n) is 4.43. The van der Waals surface area contributed by atoms with Crippen molar-refractivity contribution in [3.05, 3.63) is 39.9 Å². The summed E-state index contributed by atoms with van der Waals surface area (Å²) in [6.45, 7) is 5.23. The SMILES string of the molecule is CCNCc1ccc(S(=O)(=O)Nc2nc(C)cs2)cc1Cl. The van der Waals surface area contributed by atoms with Gasteiger partial charge in [-0.3, -0.25) is 4.72 Å². The fraction of sp³-hybridized carbons (Fsp3) is 0.308. The predicted molar refractivity (Wildman–Crippen MR) is 86.5 cm³/mol. The summed E-state index contributed by atoms with van der Waals surface area (Å²) in [5.41, 5.74) is 1.64. The Morgan fingerprint density at radius 3 is 2.71 bits per heavy atom. The zero-order valence-corrected chi connectivity index (χ0v) is 14.1. The van der Waals surface area contributed by atoms with Crippen LogP contribution in [0.1, 0.15) is 18.2 Å². The van der Waals surface area contributed by atoms with E-state index < -0.39 is 10.0 Å². The van der Waals surface area contributed by atoms with Gasteiger partial charge in [0.05, 0.1) is 10.6 Å². The van der Waals surface area contributed by atoms with Crippen LogP contribution in [0.4, 0.5) is 5.13 Å². The van der Waals surface area contributed by atoms with Crippen molar-refractivity contribution in [2.24, 2.45) is 0 Å². The van der Waals surface area contributed by atoms with E-state index in [1.54, 1.807) is 24.4 Å². The smallest absolute Gasteiger partial charge is 0.263 e. The Hall–Kier alpha value is -1.15. The van der Waals surface area contributed by atoms with Gasteiger partial charge in [0.1, 0.15) is 0 Å². The van der Waals surface area contributed by atoms with Gasteiger partial charge in [-0.2, -0.15) is 0 Å². The second-order valence-corrected chi connectivity index (χ2v) is 7.38. The monoisotopic (exact) mass is 345 g/mol. The second kappa shape index (κ2) is 6.74. The molecule has 5 nitrogen and oxygen atoms in total. The predicted octanol–water partition coefficient (Wildman–Crippen LogP) is 3.02. The first-order chi connectivity index (χ1) is 9.92. The highest BCUT2D eigenvalue weighted by Crippen LogP contribution is 2.24. The Balaban J connectivity index is 2.22. The van der Waals surface area contributed by atoms with Crippen molar-refractivity contribution in [3.63, 3.8) is 0 Å². The third kappa shape index (κ3) is 4.16. The molecule has 1 aromatic carbocycles. The summed E-state index contributed by atoms with van der Waals surface area (Å²) in [7, 11) is -3.67. The molecule has 0 bridgehead atoms. The summed E-state index contributed by atoms with van der Waals surface area (Å²) in [4.78, 5) is 4.21. The van der Waals surface area contributed by atoms with Crippen molar-refractivity contribution in [2.45, 2.75) is 25.3 Å². The van der Waals surface area contributed by atoms with Crippen LogP contribution in [0.2, 0.25) is 5.02 Å². The van der Waals surface area contributed by atoms with E-state index in [-0.39, 0.29) is 4.90 Å². The average molecular weight is 346 g/mol. The molecule has 0 radical (unpaired) electrons. The summed E-state index contributed by atoms with van der Waals surface area (Å²) in [6, 6.07) is 4.71. The van der Waals surface area contributed by atoms with E-state index in [0.29, 0.717) is 16.7 Å². The normalized spacial score (nSPS) is 11.6. The van der Waals surface area contributed by atoms with E-state index in [0.717, 1.165) is 17.8 Å². The van der Waals surface area contributed by atoms with Gasteiger partial charge in [-0.1, -0.05) is 24.6 Å². The number of aryl methyl sites for hydroxylation is 1. The van der Waals surface area contributed by atoms with Gasteiger partial charge in [0, 0.05) is 16.9 Å². The molecule has 0 aliphatic carbocycles. The molecule has 2 rings (SSSR count). The maximum absolute atomic E-state index is 12.3. The molecule has 0 aliphatic heterocycles. The summed E-state index contributed by atoms with van der Waals surface area (Å²) >= 11 is 7.38. The van der Waals surface area contributed by atoms with Crippen LogP contribution in [0.3, 0.4) is 0 Å². The third-order valence-electron chi connectivity index (χ3n) is 2.74. The fourth-order valence-electron chi connectivity index (χ4n) is 1.67. The molecule has 8 heteroatoms. The lowest BCUT2D eigenvalue weighted by atomic mass is 10.2. The first kappa shape index (κ1) is 16.2. The Morgan fingerprint density at radius 1 is 1.38 bits per heavy atom. The molecule has 1 aromatic heterocycles. The van der Waals surface area contributed by atoms with Gasteiger partial charge < -0.3 is 5.32 Å². The van der Waals surface area contributed by atoms with Crippen molar-refractivity contribution < 1.29 is 8.42 Å². The van der Waals surface area contributed by atoms with Gasteiger partial charge in [-0.05, 0) is 31.2 Å².